The van der Waals surface area contributed by atoms with E-state index in [1.165, 1.54) is 5.56 Å². The maximum absolute atomic E-state index is 10.2. The number of aliphatic hydroxyl groups excluding tert-OH is 1. The number of benzene rings is 1. The Morgan fingerprint density at radius 1 is 1.22 bits per heavy atom. The van der Waals surface area contributed by atoms with Crippen LogP contribution in [0.5, 0.6) is 0 Å². The minimum Gasteiger partial charge on any atom is -0.490 e. The number of unbranched alkanes of at least 4 members (excludes halogenated alkanes) is 1. The first-order valence-corrected chi connectivity index (χ1v) is 9.49. The normalized spacial score (nSPS) is 33.0. The average molecular weight is 378 g/mol. The highest BCUT2D eigenvalue weighted by molar-refractivity contribution is 5.14. The molecule has 1 spiro atoms. The standard InChI is InChI=1S/C21H30O6/c1-20(2)26-15-21(27-20)19(18(23-3)17(22)14-25-21)24-13-9-5-8-12-16-10-6-4-7-11-16/h4,6-7,9-11,13,17-19,22H,5,8,12,14-15H2,1-3H3/b13-9+/t17-,18-,19-,21+/m1/s1. The molecule has 2 saturated heterocycles. The fourth-order valence-corrected chi connectivity index (χ4v) is 3.55. The number of allylic oxidation sites excluding steroid dienone is 1. The monoisotopic (exact) mass is 378 g/mol. The third kappa shape index (κ3) is 4.89. The summed E-state index contributed by atoms with van der Waals surface area (Å²) in [6, 6.07) is 10.4. The molecule has 0 bridgehead atoms. The molecular weight excluding hydrogens is 348 g/mol. The van der Waals surface area contributed by atoms with E-state index in [2.05, 4.69) is 24.3 Å². The second-order valence-electron chi connectivity index (χ2n) is 7.49. The van der Waals surface area contributed by atoms with E-state index in [1.807, 2.05) is 26.0 Å². The predicted molar refractivity (Wildman–Crippen MR) is 100.0 cm³/mol. The van der Waals surface area contributed by atoms with Gasteiger partial charge in [-0.15, -0.1) is 0 Å². The average Bonchev–Trinajstić information content (AvgIpc) is 2.97. The Labute approximate surface area is 161 Å². The number of rotatable bonds is 7. The van der Waals surface area contributed by atoms with Crippen LogP contribution in [0.15, 0.2) is 42.7 Å². The molecule has 27 heavy (non-hydrogen) atoms. The van der Waals surface area contributed by atoms with Crippen LogP contribution in [-0.2, 0) is 30.1 Å². The van der Waals surface area contributed by atoms with Gasteiger partial charge in [-0.2, -0.15) is 0 Å². The summed E-state index contributed by atoms with van der Waals surface area (Å²) in [5.41, 5.74) is 1.33. The number of hydrogen-bond donors (Lipinski definition) is 1. The molecule has 4 atom stereocenters. The fourth-order valence-electron chi connectivity index (χ4n) is 3.55. The molecule has 0 saturated carbocycles. The van der Waals surface area contributed by atoms with E-state index in [-0.39, 0.29) is 13.2 Å². The van der Waals surface area contributed by atoms with E-state index in [1.54, 1.807) is 13.4 Å². The lowest BCUT2D eigenvalue weighted by atomic mass is 9.97. The molecule has 2 heterocycles. The summed E-state index contributed by atoms with van der Waals surface area (Å²) in [6.07, 6.45) is 4.59. The summed E-state index contributed by atoms with van der Waals surface area (Å²) in [6.45, 7) is 3.99. The summed E-state index contributed by atoms with van der Waals surface area (Å²) in [4.78, 5) is 0. The molecule has 2 aliphatic rings. The van der Waals surface area contributed by atoms with Crippen molar-refractivity contribution in [2.45, 2.75) is 63.0 Å². The molecule has 0 aliphatic carbocycles. The van der Waals surface area contributed by atoms with E-state index >= 15 is 0 Å². The van der Waals surface area contributed by atoms with Crippen LogP contribution in [0.25, 0.3) is 0 Å². The van der Waals surface area contributed by atoms with Crippen molar-refractivity contribution in [3.05, 3.63) is 48.2 Å². The molecule has 0 amide bonds. The summed E-state index contributed by atoms with van der Waals surface area (Å²) >= 11 is 0. The zero-order chi connectivity index (χ0) is 19.3. The van der Waals surface area contributed by atoms with Crippen LogP contribution < -0.4 is 0 Å². The first-order valence-electron chi connectivity index (χ1n) is 9.49. The first kappa shape index (κ1) is 20.3. The van der Waals surface area contributed by atoms with Crippen LogP contribution in [0.3, 0.4) is 0 Å². The van der Waals surface area contributed by atoms with Crippen LogP contribution in [0.4, 0.5) is 0 Å². The van der Waals surface area contributed by atoms with E-state index in [0.717, 1.165) is 19.3 Å². The minimum absolute atomic E-state index is 0.110. The molecule has 0 radical (unpaired) electrons. The first-order chi connectivity index (χ1) is 13.0. The van der Waals surface area contributed by atoms with Gasteiger partial charge < -0.3 is 28.8 Å². The lowest BCUT2D eigenvalue weighted by Crippen LogP contribution is -2.63. The highest BCUT2D eigenvalue weighted by Gasteiger charge is 2.60. The fraction of sp³-hybridized carbons (Fsp3) is 0.619. The van der Waals surface area contributed by atoms with E-state index in [0.29, 0.717) is 0 Å². The third-order valence-electron chi connectivity index (χ3n) is 4.92. The summed E-state index contributed by atoms with van der Waals surface area (Å²) in [7, 11) is 1.55. The van der Waals surface area contributed by atoms with Crippen LogP contribution in [0.2, 0.25) is 0 Å². The van der Waals surface area contributed by atoms with Crippen LogP contribution in [0, 0.1) is 0 Å². The molecule has 1 N–H and O–H groups in total. The highest BCUT2D eigenvalue weighted by atomic mass is 16.8. The van der Waals surface area contributed by atoms with Gasteiger partial charge in [-0.05, 0) is 44.7 Å². The molecule has 2 aliphatic heterocycles. The van der Waals surface area contributed by atoms with Crippen molar-refractivity contribution in [1.82, 2.24) is 0 Å². The van der Waals surface area contributed by atoms with Crippen molar-refractivity contribution in [2.75, 3.05) is 20.3 Å². The van der Waals surface area contributed by atoms with Gasteiger partial charge in [0.15, 0.2) is 11.9 Å². The molecule has 3 rings (SSSR count). The molecular formula is C21H30O6. The lowest BCUT2D eigenvalue weighted by molar-refractivity contribution is -0.340. The quantitative estimate of drug-likeness (QED) is 0.581. The second-order valence-corrected chi connectivity index (χ2v) is 7.49. The van der Waals surface area contributed by atoms with Gasteiger partial charge >= 0.3 is 0 Å². The maximum Gasteiger partial charge on any atom is 0.235 e. The van der Waals surface area contributed by atoms with Gasteiger partial charge in [-0.1, -0.05) is 30.3 Å². The summed E-state index contributed by atoms with van der Waals surface area (Å²) < 4.78 is 29.0. The van der Waals surface area contributed by atoms with E-state index < -0.39 is 29.9 Å². The van der Waals surface area contributed by atoms with Gasteiger partial charge in [0, 0.05) is 7.11 Å². The Balaban J connectivity index is 1.57. The molecule has 1 aromatic rings. The molecule has 1 aromatic carbocycles. The van der Waals surface area contributed by atoms with Crippen molar-refractivity contribution in [3.63, 3.8) is 0 Å². The molecule has 2 fully saturated rings. The molecule has 150 valence electrons. The SMILES string of the molecule is CO[C@@H]1[C@H](O)CO[C@]2(COC(C)(C)O2)[C@@H]1O/C=C/CCCc1ccccc1. The Bertz CT molecular complexity index is 616. The highest BCUT2D eigenvalue weighted by Crippen LogP contribution is 2.40. The molecule has 0 aromatic heterocycles. The zero-order valence-electron chi connectivity index (χ0n) is 16.3. The topological polar surface area (TPSA) is 66.4 Å². The minimum atomic E-state index is -1.09. The van der Waals surface area contributed by atoms with Gasteiger partial charge in [-0.25, -0.2) is 0 Å². The van der Waals surface area contributed by atoms with Gasteiger partial charge in [0.05, 0.1) is 12.9 Å². The van der Waals surface area contributed by atoms with Crippen LogP contribution in [0.1, 0.15) is 32.3 Å². The Hall–Kier alpha value is -1.44. The Kier molecular flexibility index (Phi) is 6.55. The predicted octanol–water partition coefficient (Wildman–Crippen LogP) is 2.79. The number of aryl methyl sites for hydroxylation is 1. The van der Waals surface area contributed by atoms with Crippen molar-refractivity contribution in [3.8, 4) is 0 Å². The number of hydrogen-bond acceptors (Lipinski definition) is 6. The smallest absolute Gasteiger partial charge is 0.235 e. The van der Waals surface area contributed by atoms with Crippen molar-refractivity contribution >= 4 is 0 Å². The van der Waals surface area contributed by atoms with Crippen molar-refractivity contribution in [1.29, 1.82) is 0 Å². The third-order valence-corrected chi connectivity index (χ3v) is 4.92. The van der Waals surface area contributed by atoms with Crippen LogP contribution >= 0.6 is 0 Å². The van der Waals surface area contributed by atoms with E-state index in [9.17, 15) is 5.11 Å². The second kappa shape index (κ2) is 8.71. The number of ether oxygens (including phenoxy) is 5. The van der Waals surface area contributed by atoms with E-state index in [4.69, 9.17) is 23.7 Å². The molecule has 0 unspecified atom stereocenters. The van der Waals surface area contributed by atoms with Crippen molar-refractivity contribution in [2.24, 2.45) is 0 Å². The number of methoxy groups -OCH3 is 1. The largest absolute Gasteiger partial charge is 0.490 e. The number of aliphatic hydroxyl groups is 1. The summed E-state index contributed by atoms with van der Waals surface area (Å²) in [5, 5.41) is 10.2. The Morgan fingerprint density at radius 2 is 2.00 bits per heavy atom. The maximum atomic E-state index is 10.2. The zero-order valence-corrected chi connectivity index (χ0v) is 16.3. The van der Waals surface area contributed by atoms with Gasteiger partial charge in [0.1, 0.15) is 18.8 Å². The van der Waals surface area contributed by atoms with Crippen molar-refractivity contribution < 1.29 is 28.8 Å². The van der Waals surface area contributed by atoms with Gasteiger partial charge in [0.2, 0.25) is 5.79 Å². The lowest BCUT2D eigenvalue weighted by Gasteiger charge is -2.44. The van der Waals surface area contributed by atoms with Gasteiger partial charge in [-0.3, -0.25) is 0 Å². The van der Waals surface area contributed by atoms with Gasteiger partial charge in [0.25, 0.3) is 0 Å². The molecule has 6 heteroatoms. The molecule has 6 nitrogen and oxygen atoms in total. The summed E-state index contributed by atoms with van der Waals surface area (Å²) in [5.74, 6) is -1.86. The Morgan fingerprint density at radius 3 is 2.67 bits per heavy atom. The van der Waals surface area contributed by atoms with Crippen LogP contribution in [-0.4, -0.2) is 55.3 Å².